The second kappa shape index (κ2) is 8.28. The molecule has 2 heterocycles. The highest BCUT2D eigenvalue weighted by Crippen LogP contribution is 2.45. The molecule has 2 unspecified atom stereocenters. The summed E-state index contributed by atoms with van der Waals surface area (Å²) in [6.07, 6.45) is -0.653. The molecule has 8 nitrogen and oxygen atoms in total. The minimum Gasteiger partial charge on any atom is -0.493 e. The van der Waals surface area contributed by atoms with E-state index in [0.717, 1.165) is 0 Å². The molecule has 0 bridgehead atoms. The summed E-state index contributed by atoms with van der Waals surface area (Å²) in [6, 6.07) is 7.06. The summed E-state index contributed by atoms with van der Waals surface area (Å²) in [5, 5.41) is 3.42. The van der Waals surface area contributed by atoms with Crippen molar-refractivity contribution in [1.82, 2.24) is 4.90 Å². The predicted molar refractivity (Wildman–Crippen MR) is 113 cm³/mol. The third kappa shape index (κ3) is 3.66. The van der Waals surface area contributed by atoms with Crippen LogP contribution in [0.3, 0.4) is 0 Å². The Labute approximate surface area is 188 Å². The fourth-order valence-electron chi connectivity index (χ4n) is 3.85. The zero-order valence-electron chi connectivity index (χ0n) is 16.6. The molecule has 2 amide bonds. The zero-order chi connectivity index (χ0) is 22.3. The van der Waals surface area contributed by atoms with E-state index < -0.39 is 24.1 Å². The van der Waals surface area contributed by atoms with Gasteiger partial charge in [-0.1, -0.05) is 23.2 Å². The molecule has 1 saturated heterocycles. The molecular weight excluding hydrogens is 447 g/mol. The molecule has 2 atom stereocenters. The number of esters is 1. The van der Waals surface area contributed by atoms with E-state index in [1.165, 1.54) is 25.2 Å². The van der Waals surface area contributed by atoms with E-state index in [-0.39, 0.29) is 30.1 Å². The fraction of sp³-hybridized carbons (Fsp3) is 0.286. The number of cyclic esters (lactones) is 1. The SMILES string of the molecule is COc1ccc2c(c1OC)C(=O)OC2N1C(=O)CCC1C(=O)Nc1cc(Cl)ccc1Cl. The van der Waals surface area contributed by atoms with Crippen LogP contribution in [0.2, 0.25) is 10.0 Å². The molecule has 0 radical (unpaired) electrons. The predicted octanol–water partition coefficient (Wildman–Crippen LogP) is 3.81. The summed E-state index contributed by atoms with van der Waals surface area (Å²) in [5.41, 5.74) is 0.925. The van der Waals surface area contributed by atoms with Crippen LogP contribution in [0.5, 0.6) is 11.5 Å². The van der Waals surface area contributed by atoms with Gasteiger partial charge in [-0.2, -0.15) is 0 Å². The third-order valence-electron chi connectivity index (χ3n) is 5.26. The van der Waals surface area contributed by atoms with Crippen LogP contribution in [-0.4, -0.2) is 42.9 Å². The number of anilines is 1. The number of carbonyl (C=O) groups excluding carboxylic acids is 3. The van der Waals surface area contributed by atoms with Crippen molar-refractivity contribution in [2.45, 2.75) is 25.1 Å². The number of nitrogens with zero attached hydrogens (tertiary/aromatic N) is 1. The Kier molecular flexibility index (Phi) is 5.68. The Hall–Kier alpha value is -2.97. The average molecular weight is 465 g/mol. The maximum Gasteiger partial charge on any atom is 0.344 e. The Morgan fingerprint density at radius 2 is 1.94 bits per heavy atom. The lowest BCUT2D eigenvalue weighted by Crippen LogP contribution is -2.43. The van der Waals surface area contributed by atoms with Crippen LogP contribution >= 0.6 is 23.2 Å². The maximum atomic E-state index is 13.0. The Morgan fingerprint density at radius 3 is 2.65 bits per heavy atom. The first-order chi connectivity index (χ1) is 14.8. The smallest absolute Gasteiger partial charge is 0.344 e. The van der Waals surface area contributed by atoms with Crippen molar-refractivity contribution < 1.29 is 28.6 Å². The monoisotopic (exact) mass is 464 g/mol. The van der Waals surface area contributed by atoms with Gasteiger partial charge in [0.2, 0.25) is 18.0 Å². The van der Waals surface area contributed by atoms with Crippen LogP contribution in [0.4, 0.5) is 5.69 Å². The van der Waals surface area contributed by atoms with Gasteiger partial charge < -0.3 is 19.5 Å². The Morgan fingerprint density at radius 1 is 1.16 bits per heavy atom. The van der Waals surface area contributed by atoms with E-state index in [4.69, 9.17) is 37.4 Å². The number of amides is 2. The molecule has 2 aliphatic heterocycles. The summed E-state index contributed by atoms with van der Waals surface area (Å²) in [4.78, 5) is 39.6. The summed E-state index contributed by atoms with van der Waals surface area (Å²) < 4.78 is 16.1. The van der Waals surface area contributed by atoms with E-state index in [2.05, 4.69) is 5.32 Å². The number of nitrogens with one attached hydrogen (secondary N) is 1. The molecule has 0 spiro atoms. The summed E-state index contributed by atoms with van der Waals surface area (Å²) >= 11 is 12.1. The van der Waals surface area contributed by atoms with Gasteiger partial charge in [0.05, 0.1) is 24.9 Å². The molecule has 162 valence electrons. The number of hydrogen-bond donors (Lipinski definition) is 1. The molecule has 10 heteroatoms. The molecule has 2 aliphatic rings. The number of halogens is 2. The first kappa shape index (κ1) is 21.3. The quantitative estimate of drug-likeness (QED) is 0.676. The highest BCUT2D eigenvalue weighted by atomic mass is 35.5. The molecule has 31 heavy (non-hydrogen) atoms. The largest absolute Gasteiger partial charge is 0.493 e. The van der Waals surface area contributed by atoms with Crippen molar-refractivity contribution in [3.8, 4) is 11.5 Å². The number of fused-ring (bicyclic) bond motifs is 1. The van der Waals surface area contributed by atoms with Crippen molar-refractivity contribution in [2.75, 3.05) is 19.5 Å². The second-order valence-electron chi connectivity index (χ2n) is 6.99. The Bertz CT molecular complexity index is 1090. The van der Waals surface area contributed by atoms with Crippen LogP contribution in [0.25, 0.3) is 0 Å². The first-order valence-electron chi connectivity index (χ1n) is 9.38. The van der Waals surface area contributed by atoms with E-state index in [1.807, 2.05) is 0 Å². The third-order valence-corrected chi connectivity index (χ3v) is 5.83. The molecule has 1 N–H and O–H groups in total. The van der Waals surface area contributed by atoms with Crippen molar-refractivity contribution in [3.05, 3.63) is 51.5 Å². The molecule has 0 aliphatic carbocycles. The van der Waals surface area contributed by atoms with Gasteiger partial charge in [-0.3, -0.25) is 14.5 Å². The maximum absolute atomic E-state index is 13.0. The number of likely N-dealkylation sites (tertiary alicyclic amines) is 1. The number of rotatable bonds is 5. The molecule has 2 aromatic carbocycles. The van der Waals surface area contributed by atoms with E-state index >= 15 is 0 Å². The van der Waals surface area contributed by atoms with Gasteiger partial charge in [0.1, 0.15) is 11.6 Å². The number of ether oxygens (including phenoxy) is 3. The summed E-state index contributed by atoms with van der Waals surface area (Å²) in [6.45, 7) is 0. The van der Waals surface area contributed by atoms with Crippen molar-refractivity contribution in [1.29, 1.82) is 0 Å². The zero-order valence-corrected chi connectivity index (χ0v) is 18.1. The molecular formula is C21H18Cl2N2O6. The van der Waals surface area contributed by atoms with Crippen LogP contribution in [0.1, 0.15) is 35.0 Å². The number of benzene rings is 2. The van der Waals surface area contributed by atoms with E-state index in [9.17, 15) is 14.4 Å². The fourth-order valence-corrected chi connectivity index (χ4v) is 4.19. The van der Waals surface area contributed by atoms with Gasteiger partial charge in [0.15, 0.2) is 11.5 Å². The minimum absolute atomic E-state index is 0.137. The van der Waals surface area contributed by atoms with E-state index in [0.29, 0.717) is 27.0 Å². The lowest BCUT2D eigenvalue weighted by atomic mass is 10.1. The summed E-state index contributed by atoms with van der Waals surface area (Å²) in [7, 11) is 2.86. The van der Waals surface area contributed by atoms with Crippen LogP contribution in [0, 0.1) is 0 Å². The molecule has 1 fully saturated rings. The highest BCUT2D eigenvalue weighted by Gasteiger charge is 2.47. The molecule has 0 aromatic heterocycles. The highest BCUT2D eigenvalue weighted by molar-refractivity contribution is 6.35. The average Bonchev–Trinajstić information content (AvgIpc) is 3.29. The topological polar surface area (TPSA) is 94.2 Å². The van der Waals surface area contributed by atoms with Crippen molar-refractivity contribution in [3.63, 3.8) is 0 Å². The molecule has 4 rings (SSSR count). The first-order valence-corrected chi connectivity index (χ1v) is 10.1. The second-order valence-corrected chi connectivity index (χ2v) is 7.84. The number of methoxy groups -OCH3 is 2. The van der Waals surface area contributed by atoms with Gasteiger partial charge in [-0.15, -0.1) is 0 Å². The van der Waals surface area contributed by atoms with Gasteiger partial charge in [0, 0.05) is 17.0 Å². The number of hydrogen-bond acceptors (Lipinski definition) is 6. The van der Waals surface area contributed by atoms with Crippen molar-refractivity contribution in [2.24, 2.45) is 0 Å². The number of carbonyl (C=O) groups is 3. The van der Waals surface area contributed by atoms with Crippen molar-refractivity contribution >= 4 is 46.7 Å². The molecule has 0 saturated carbocycles. The van der Waals surface area contributed by atoms with Crippen LogP contribution < -0.4 is 14.8 Å². The van der Waals surface area contributed by atoms with E-state index in [1.54, 1.807) is 24.3 Å². The lowest BCUT2D eigenvalue weighted by Gasteiger charge is -2.29. The molecule has 2 aromatic rings. The van der Waals surface area contributed by atoms with Crippen LogP contribution in [0.15, 0.2) is 30.3 Å². The minimum atomic E-state index is -1.05. The van der Waals surface area contributed by atoms with Gasteiger partial charge in [-0.05, 0) is 36.8 Å². The lowest BCUT2D eigenvalue weighted by molar-refractivity contribution is -0.144. The normalized spacial score (nSPS) is 19.8. The summed E-state index contributed by atoms with van der Waals surface area (Å²) in [5.74, 6) is -0.854. The van der Waals surface area contributed by atoms with Gasteiger partial charge >= 0.3 is 5.97 Å². The van der Waals surface area contributed by atoms with Gasteiger partial charge in [-0.25, -0.2) is 4.79 Å². The van der Waals surface area contributed by atoms with Crippen LogP contribution in [-0.2, 0) is 14.3 Å². The van der Waals surface area contributed by atoms with Gasteiger partial charge in [0.25, 0.3) is 0 Å². The standard InChI is InChI=1S/C21H18Cl2N2O6/c1-29-15-7-4-11-17(18(15)30-2)21(28)31-20(11)25-14(6-8-16(25)26)19(27)24-13-9-10(22)3-5-12(13)23/h3-5,7,9,14,20H,6,8H2,1-2H3,(H,24,27). The Balaban J connectivity index is 1.66.